The fourth-order valence-electron chi connectivity index (χ4n) is 2.40. The monoisotopic (exact) mass is 329 g/mol. The first-order valence-electron chi connectivity index (χ1n) is 7.23. The first-order chi connectivity index (χ1) is 11.3. The van der Waals surface area contributed by atoms with E-state index in [1.165, 1.54) is 23.7 Å². The van der Waals surface area contributed by atoms with Crippen LogP contribution in [0.25, 0.3) is 0 Å². The van der Waals surface area contributed by atoms with Gasteiger partial charge in [-0.15, -0.1) is 11.3 Å². The number of ether oxygens (including phenoxy) is 1. The number of carbonyl (C=O) groups is 1. The van der Waals surface area contributed by atoms with Gasteiger partial charge in [0.1, 0.15) is 12.2 Å². The van der Waals surface area contributed by atoms with Crippen LogP contribution in [0.15, 0.2) is 29.9 Å². The van der Waals surface area contributed by atoms with Crippen molar-refractivity contribution in [2.24, 2.45) is 0 Å². The minimum absolute atomic E-state index is 0.139. The van der Waals surface area contributed by atoms with Crippen LogP contribution < -0.4 is 10.1 Å². The van der Waals surface area contributed by atoms with Gasteiger partial charge in [-0.3, -0.25) is 5.32 Å². The summed E-state index contributed by atoms with van der Waals surface area (Å²) >= 11 is 1.48. The third kappa shape index (κ3) is 3.76. The quantitative estimate of drug-likeness (QED) is 0.934. The second-order valence-electron chi connectivity index (χ2n) is 5.06. The first-order valence-corrected chi connectivity index (χ1v) is 8.11. The van der Waals surface area contributed by atoms with Crippen LogP contribution in [0.3, 0.4) is 0 Å². The Kier molecular flexibility index (Phi) is 4.68. The van der Waals surface area contributed by atoms with E-state index in [0.29, 0.717) is 13.1 Å². The Balaban J connectivity index is 1.62. The molecule has 7 nitrogen and oxygen atoms in total. The molecule has 1 atom stereocenters. The van der Waals surface area contributed by atoms with Crippen molar-refractivity contribution in [3.05, 3.63) is 35.6 Å². The molecule has 0 bridgehead atoms. The maximum atomic E-state index is 12.3. The molecule has 1 aliphatic rings. The van der Waals surface area contributed by atoms with Crippen LogP contribution in [-0.2, 0) is 0 Å². The van der Waals surface area contributed by atoms with Crippen molar-refractivity contribution in [3.8, 4) is 11.9 Å². The van der Waals surface area contributed by atoms with Gasteiger partial charge >= 0.3 is 6.03 Å². The van der Waals surface area contributed by atoms with Crippen molar-refractivity contribution < 1.29 is 9.53 Å². The Morgan fingerprint density at radius 3 is 3.13 bits per heavy atom. The highest BCUT2D eigenvalue weighted by Gasteiger charge is 2.26. The lowest BCUT2D eigenvalue weighted by Crippen LogP contribution is -2.46. The lowest BCUT2D eigenvalue weighted by molar-refractivity contribution is 0.102. The lowest BCUT2D eigenvalue weighted by Gasteiger charge is -2.32. The number of carbonyl (C=O) groups excluding carboxylic acids is 1. The summed E-state index contributed by atoms with van der Waals surface area (Å²) in [6, 6.07) is 5.57. The van der Waals surface area contributed by atoms with Crippen molar-refractivity contribution >= 4 is 22.4 Å². The number of hydrogen-bond acceptors (Lipinski definition) is 6. The number of urea groups is 1. The highest BCUT2D eigenvalue weighted by Crippen LogP contribution is 2.20. The predicted octanol–water partition coefficient (Wildman–Crippen LogP) is 2.49. The van der Waals surface area contributed by atoms with Crippen molar-refractivity contribution in [2.45, 2.75) is 18.9 Å². The van der Waals surface area contributed by atoms with Crippen LogP contribution in [-0.4, -0.2) is 40.1 Å². The first kappa shape index (κ1) is 15.2. The van der Waals surface area contributed by atoms with Crippen LogP contribution in [0.4, 0.5) is 9.80 Å². The number of nitrogens with zero attached hydrogens (tertiary/aromatic N) is 4. The second kappa shape index (κ2) is 7.07. The Morgan fingerprint density at radius 2 is 2.35 bits per heavy atom. The molecule has 2 amide bonds. The average molecular weight is 329 g/mol. The molecule has 23 heavy (non-hydrogen) atoms. The van der Waals surface area contributed by atoms with Gasteiger partial charge in [-0.2, -0.15) is 5.26 Å². The van der Waals surface area contributed by atoms with Gasteiger partial charge in [-0.1, -0.05) is 0 Å². The van der Waals surface area contributed by atoms with Crippen LogP contribution >= 0.6 is 11.3 Å². The summed E-state index contributed by atoms with van der Waals surface area (Å²) in [5, 5.41) is 14.6. The number of nitriles is 1. The third-order valence-electron chi connectivity index (χ3n) is 3.47. The number of hydrogen-bond donors (Lipinski definition) is 1. The molecule has 1 fully saturated rings. The van der Waals surface area contributed by atoms with Gasteiger partial charge in [0.15, 0.2) is 0 Å². The fraction of sp³-hybridized carbons (Fsp3) is 0.333. The molecular weight excluding hydrogens is 314 g/mol. The Morgan fingerprint density at radius 1 is 1.48 bits per heavy atom. The summed E-state index contributed by atoms with van der Waals surface area (Å²) in [6.45, 7) is 1.14. The summed E-state index contributed by atoms with van der Waals surface area (Å²) in [6.07, 6.45) is 4.39. The highest BCUT2D eigenvalue weighted by atomic mass is 32.1. The second-order valence-corrected chi connectivity index (χ2v) is 6.01. The Bertz CT molecular complexity index is 713. The van der Waals surface area contributed by atoms with Gasteiger partial charge in [0, 0.05) is 18.9 Å². The van der Waals surface area contributed by atoms with Gasteiger partial charge in [0.2, 0.25) is 5.69 Å². The molecule has 0 unspecified atom stereocenters. The number of rotatable bonds is 3. The molecule has 0 saturated carbocycles. The van der Waals surface area contributed by atoms with E-state index >= 15 is 0 Å². The zero-order valence-electron chi connectivity index (χ0n) is 12.3. The zero-order valence-corrected chi connectivity index (χ0v) is 13.1. The van der Waals surface area contributed by atoms with Crippen molar-refractivity contribution in [1.82, 2.24) is 14.9 Å². The number of thiophene rings is 1. The number of aromatic nitrogens is 2. The molecule has 3 heterocycles. The topological polar surface area (TPSA) is 91.1 Å². The van der Waals surface area contributed by atoms with E-state index < -0.39 is 0 Å². The van der Waals surface area contributed by atoms with Crippen molar-refractivity contribution in [3.63, 3.8) is 0 Å². The summed E-state index contributed by atoms with van der Waals surface area (Å²) in [7, 11) is 0. The summed E-state index contributed by atoms with van der Waals surface area (Å²) in [5.74, 6) is 0.223. The van der Waals surface area contributed by atoms with Gasteiger partial charge in [0.25, 0.3) is 5.88 Å². The summed E-state index contributed by atoms with van der Waals surface area (Å²) < 4.78 is 5.78. The summed E-state index contributed by atoms with van der Waals surface area (Å²) in [4.78, 5) is 22.0. The molecule has 0 aromatic carbocycles. The molecule has 0 aliphatic carbocycles. The van der Waals surface area contributed by atoms with Crippen molar-refractivity contribution in [1.29, 1.82) is 5.26 Å². The molecule has 0 spiro atoms. The number of likely N-dealkylation sites (tertiary alicyclic amines) is 1. The molecule has 2 aromatic heterocycles. The van der Waals surface area contributed by atoms with E-state index in [4.69, 9.17) is 10.00 Å². The zero-order chi connectivity index (χ0) is 16.1. The predicted molar refractivity (Wildman–Crippen MR) is 85.3 cm³/mol. The molecule has 1 aliphatic heterocycles. The smallest absolute Gasteiger partial charge is 0.322 e. The van der Waals surface area contributed by atoms with E-state index in [9.17, 15) is 4.79 Å². The summed E-state index contributed by atoms with van der Waals surface area (Å²) in [5.41, 5.74) is 0.160. The third-order valence-corrected chi connectivity index (χ3v) is 4.25. The molecule has 118 valence electrons. The van der Waals surface area contributed by atoms with E-state index in [1.807, 2.05) is 23.6 Å². The molecule has 1 N–H and O–H groups in total. The lowest BCUT2D eigenvalue weighted by atomic mass is 10.1. The number of amides is 2. The number of anilines is 1. The minimum atomic E-state index is -0.193. The van der Waals surface area contributed by atoms with Gasteiger partial charge in [-0.05, 0) is 30.4 Å². The van der Waals surface area contributed by atoms with Crippen molar-refractivity contribution in [2.75, 3.05) is 18.4 Å². The molecule has 2 aromatic rings. The average Bonchev–Trinajstić information content (AvgIpc) is 3.08. The maximum Gasteiger partial charge on any atom is 0.322 e. The van der Waals surface area contributed by atoms with Crippen LogP contribution in [0.1, 0.15) is 18.5 Å². The van der Waals surface area contributed by atoms with Gasteiger partial charge in [-0.25, -0.2) is 14.8 Å². The van der Waals surface area contributed by atoms with E-state index in [-0.39, 0.29) is 23.7 Å². The minimum Gasteiger partial charge on any atom is -0.470 e. The Labute approximate surface area is 137 Å². The highest BCUT2D eigenvalue weighted by molar-refractivity contribution is 7.14. The van der Waals surface area contributed by atoms with Crippen LogP contribution in [0.2, 0.25) is 0 Å². The molecule has 0 radical (unpaired) electrons. The van der Waals surface area contributed by atoms with Crippen LogP contribution in [0.5, 0.6) is 5.88 Å². The fourth-order valence-corrected chi connectivity index (χ4v) is 3.01. The van der Waals surface area contributed by atoms with E-state index in [1.54, 1.807) is 4.90 Å². The molecular formula is C15H15N5O2S. The van der Waals surface area contributed by atoms with E-state index in [0.717, 1.165) is 17.8 Å². The largest absolute Gasteiger partial charge is 0.470 e. The Hall–Kier alpha value is -2.66. The maximum absolute atomic E-state index is 12.3. The van der Waals surface area contributed by atoms with Gasteiger partial charge < -0.3 is 9.64 Å². The molecule has 3 rings (SSSR count). The standard InChI is InChI=1S/C15H15N5O2S/c16-9-12-14(18-6-5-17-12)22-11-3-1-7-20(10-11)15(21)19-13-4-2-8-23-13/h2,4-6,8,11H,1,3,7,10H2,(H,19,21)/t11-/m0/s1. The number of piperidine rings is 1. The van der Waals surface area contributed by atoms with Gasteiger partial charge in [0.05, 0.1) is 11.5 Å². The molecule has 8 heteroatoms. The number of nitrogens with one attached hydrogen (secondary N) is 1. The normalized spacial score (nSPS) is 17.3. The molecule has 1 saturated heterocycles. The van der Waals surface area contributed by atoms with Crippen LogP contribution in [0, 0.1) is 11.3 Å². The van der Waals surface area contributed by atoms with E-state index in [2.05, 4.69) is 15.3 Å². The SMILES string of the molecule is N#Cc1nccnc1O[C@H]1CCCN(C(=O)Nc2cccs2)C1.